The second-order valence-corrected chi connectivity index (χ2v) is 4.07. The van der Waals surface area contributed by atoms with E-state index in [4.69, 9.17) is 10.6 Å². The molecule has 3 nitrogen and oxygen atoms in total. The molecule has 1 aliphatic rings. The molecule has 1 atom stereocenters. The lowest BCUT2D eigenvalue weighted by Crippen LogP contribution is -2.12. The zero-order valence-electron chi connectivity index (χ0n) is 9.03. The molecule has 0 aromatic heterocycles. The van der Waals surface area contributed by atoms with Crippen molar-refractivity contribution in [2.75, 3.05) is 13.2 Å². The molecule has 0 saturated carbocycles. The number of hydrogen-bond donors (Lipinski definition) is 1. The summed E-state index contributed by atoms with van der Waals surface area (Å²) in [5.74, 6) is 5.43. The largest absolute Gasteiger partial charge is 0.376 e. The van der Waals surface area contributed by atoms with Gasteiger partial charge < -0.3 is 9.57 Å². The van der Waals surface area contributed by atoms with Gasteiger partial charge in [-0.2, -0.15) is 0 Å². The summed E-state index contributed by atoms with van der Waals surface area (Å²) in [7, 11) is 0. The SMILES string of the molecule is CC(CON)c1ccc2c(c1)CCOC2. The minimum absolute atomic E-state index is 0.350. The lowest BCUT2D eigenvalue weighted by molar-refractivity contribution is 0.110. The highest BCUT2D eigenvalue weighted by atomic mass is 16.6. The molecule has 1 aromatic carbocycles. The van der Waals surface area contributed by atoms with Crippen LogP contribution in [0.2, 0.25) is 0 Å². The number of rotatable bonds is 3. The Morgan fingerprint density at radius 2 is 2.33 bits per heavy atom. The van der Waals surface area contributed by atoms with Crippen molar-refractivity contribution >= 4 is 0 Å². The van der Waals surface area contributed by atoms with Gasteiger partial charge in [0.2, 0.25) is 0 Å². The molecular weight excluding hydrogens is 190 g/mol. The molecular formula is C12H17NO2. The molecule has 1 unspecified atom stereocenters. The van der Waals surface area contributed by atoms with E-state index in [1.54, 1.807) is 0 Å². The zero-order valence-corrected chi connectivity index (χ0v) is 9.03. The first-order valence-electron chi connectivity index (χ1n) is 5.32. The highest BCUT2D eigenvalue weighted by Gasteiger charge is 2.12. The number of fused-ring (bicyclic) bond motifs is 1. The lowest BCUT2D eigenvalue weighted by atomic mass is 9.95. The van der Waals surface area contributed by atoms with Crippen LogP contribution >= 0.6 is 0 Å². The molecule has 0 bridgehead atoms. The minimum Gasteiger partial charge on any atom is -0.376 e. The van der Waals surface area contributed by atoms with Crippen molar-refractivity contribution in [3.63, 3.8) is 0 Å². The smallest absolute Gasteiger partial charge is 0.0745 e. The van der Waals surface area contributed by atoms with Gasteiger partial charge in [-0.1, -0.05) is 25.1 Å². The molecule has 2 rings (SSSR count). The van der Waals surface area contributed by atoms with E-state index in [0.29, 0.717) is 12.5 Å². The van der Waals surface area contributed by atoms with Crippen LogP contribution in [0.1, 0.15) is 29.5 Å². The van der Waals surface area contributed by atoms with Crippen molar-refractivity contribution in [2.24, 2.45) is 5.90 Å². The van der Waals surface area contributed by atoms with E-state index in [9.17, 15) is 0 Å². The maximum atomic E-state index is 5.40. The third-order valence-corrected chi connectivity index (χ3v) is 2.92. The third kappa shape index (κ3) is 2.37. The Morgan fingerprint density at radius 3 is 3.13 bits per heavy atom. The van der Waals surface area contributed by atoms with Gasteiger partial charge in [-0.3, -0.25) is 0 Å². The Bertz CT molecular complexity index is 338. The predicted octanol–water partition coefficient (Wildman–Crippen LogP) is 1.75. The summed E-state index contributed by atoms with van der Waals surface area (Å²) in [6.45, 7) is 4.26. The standard InChI is InChI=1S/C12H17NO2/c1-9(7-15-13)10-2-3-12-8-14-5-4-11(12)6-10/h2-3,6,9H,4-5,7-8,13H2,1H3. The zero-order chi connectivity index (χ0) is 10.7. The Kier molecular flexibility index (Phi) is 3.36. The van der Waals surface area contributed by atoms with Crippen molar-refractivity contribution in [1.29, 1.82) is 0 Å². The quantitative estimate of drug-likeness (QED) is 0.768. The van der Waals surface area contributed by atoms with Crippen LogP contribution in [0.4, 0.5) is 0 Å². The normalized spacial score (nSPS) is 17.2. The number of ether oxygens (including phenoxy) is 1. The molecule has 0 saturated heterocycles. The molecule has 0 spiro atoms. The molecule has 0 fully saturated rings. The molecule has 82 valence electrons. The average molecular weight is 207 g/mol. The van der Waals surface area contributed by atoms with Crippen molar-refractivity contribution in [3.8, 4) is 0 Å². The molecule has 0 radical (unpaired) electrons. The van der Waals surface area contributed by atoms with Gasteiger partial charge in [0, 0.05) is 5.92 Å². The first-order chi connectivity index (χ1) is 7.31. The van der Waals surface area contributed by atoms with Gasteiger partial charge in [0.25, 0.3) is 0 Å². The van der Waals surface area contributed by atoms with E-state index in [2.05, 4.69) is 30.0 Å². The van der Waals surface area contributed by atoms with Gasteiger partial charge >= 0.3 is 0 Å². The van der Waals surface area contributed by atoms with Crippen molar-refractivity contribution in [3.05, 3.63) is 34.9 Å². The van der Waals surface area contributed by atoms with E-state index in [0.717, 1.165) is 19.6 Å². The summed E-state index contributed by atoms with van der Waals surface area (Å²) < 4.78 is 5.40. The monoisotopic (exact) mass is 207 g/mol. The number of hydrogen-bond acceptors (Lipinski definition) is 3. The Balaban J connectivity index is 2.20. The molecule has 15 heavy (non-hydrogen) atoms. The van der Waals surface area contributed by atoms with E-state index in [-0.39, 0.29) is 0 Å². The molecule has 0 amide bonds. The predicted molar refractivity (Wildman–Crippen MR) is 58.4 cm³/mol. The summed E-state index contributed by atoms with van der Waals surface area (Å²) in [5, 5.41) is 0. The fraction of sp³-hybridized carbons (Fsp3) is 0.500. The van der Waals surface area contributed by atoms with E-state index < -0.39 is 0 Å². The van der Waals surface area contributed by atoms with Gasteiger partial charge in [-0.05, 0) is 23.1 Å². The van der Waals surface area contributed by atoms with Crippen LogP contribution in [0.5, 0.6) is 0 Å². The second kappa shape index (κ2) is 4.75. The highest BCUT2D eigenvalue weighted by Crippen LogP contribution is 2.22. The van der Waals surface area contributed by atoms with E-state index in [1.807, 2.05) is 0 Å². The van der Waals surface area contributed by atoms with Crippen LogP contribution in [0.25, 0.3) is 0 Å². The Morgan fingerprint density at radius 1 is 1.47 bits per heavy atom. The summed E-state index contributed by atoms with van der Waals surface area (Å²) >= 11 is 0. The summed E-state index contributed by atoms with van der Waals surface area (Å²) in [5.41, 5.74) is 4.01. The average Bonchev–Trinajstić information content (AvgIpc) is 2.29. The van der Waals surface area contributed by atoms with Gasteiger partial charge in [0.1, 0.15) is 0 Å². The van der Waals surface area contributed by atoms with Crippen LogP contribution in [0, 0.1) is 0 Å². The first-order valence-corrected chi connectivity index (χ1v) is 5.32. The molecule has 1 heterocycles. The fourth-order valence-corrected chi connectivity index (χ4v) is 1.93. The Hall–Kier alpha value is -0.900. The van der Waals surface area contributed by atoms with E-state index in [1.165, 1.54) is 16.7 Å². The van der Waals surface area contributed by atoms with Gasteiger partial charge in [0.05, 0.1) is 19.8 Å². The van der Waals surface area contributed by atoms with Gasteiger partial charge in [-0.15, -0.1) is 0 Å². The summed E-state index contributed by atoms with van der Waals surface area (Å²) in [6, 6.07) is 6.54. The summed E-state index contributed by atoms with van der Waals surface area (Å²) in [6.07, 6.45) is 1.01. The van der Waals surface area contributed by atoms with Crippen LogP contribution in [0.15, 0.2) is 18.2 Å². The lowest BCUT2D eigenvalue weighted by Gasteiger charge is -2.19. The maximum absolute atomic E-state index is 5.40. The van der Waals surface area contributed by atoms with Crippen LogP contribution in [-0.4, -0.2) is 13.2 Å². The van der Waals surface area contributed by atoms with Crippen molar-refractivity contribution in [1.82, 2.24) is 0 Å². The van der Waals surface area contributed by atoms with Crippen molar-refractivity contribution in [2.45, 2.75) is 25.9 Å². The van der Waals surface area contributed by atoms with Gasteiger partial charge in [-0.25, -0.2) is 5.90 Å². The maximum Gasteiger partial charge on any atom is 0.0745 e. The Labute approximate surface area is 90.1 Å². The van der Waals surface area contributed by atoms with Crippen LogP contribution < -0.4 is 5.90 Å². The highest BCUT2D eigenvalue weighted by molar-refractivity contribution is 5.34. The van der Waals surface area contributed by atoms with Gasteiger partial charge in [0.15, 0.2) is 0 Å². The molecule has 1 aromatic rings. The fourth-order valence-electron chi connectivity index (χ4n) is 1.93. The molecule has 3 heteroatoms. The second-order valence-electron chi connectivity index (χ2n) is 4.07. The van der Waals surface area contributed by atoms with Crippen LogP contribution in [0.3, 0.4) is 0 Å². The first kappa shape index (κ1) is 10.6. The minimum atomic E-state index is 0.350. The summed E-state index contributed by atoms with van der Waals surface area (Å²) in [4.78, 5) is 4.68. The van der Waals surface area contributed by atoms with Crippen LogP contribution in [-0.2, 0) is 22.6 Å². The molecule has 0 aliphatic carbocycles. The third-order valence-electron chi connectivity index (χ3n) is 2.92. The molecule has 2 N–H and O–H groups in total. The number of nitrogens with two attached hydrogens (primary N) is 1. The van der Waals surface area contributed by atoms with E-state index >= 15 is 0 Å². The topological polar surface area (TPSA) is 44.5 Å². The van der Waals surface area contributed by atoms with Crippen molar-refractivity contribution < 1.29 is 9.57 Å². The number of benzene rings is 1. The molecule has 1 aliphatic heterocycles.